The van der Waals surface area contributed by atoms with Gasteiger partial charge in [-0.25, -0.2) is 0 Å². The van der Waals surface area contributed by atoms with Gasteiger partial charge in [-0.1, -0.05) is 0 Å². The Bertz CT molecular complexity index is 47.8. The second-order valence-electron chi connectivity index (χ2n) is 1.60. The third kappa shape index (κ3) is 18.1. The molecule has 0 aliphatic rings. The molecule has 11 heavy (non-hydrogen) atoms. The topological polar surface area (TPSA) is 57.7 Å². The smallest absolute Gasteiger partial charge is 0.870 e. The van der Waals surface area contributed by atoms with Gasteiger partial charge in [-0.3, -0.25) is 0 Å². The molecule has 1 N–H and O–H groups in total. The van der Waals surface area contributed by atoms with Crippen molar-refractivity contribution in [1.29, 1.82) is 0 Å². The fourth-order valence-corrected chi connectivity index (χ4v) is 0.387. The van der Waals surface area contributed by atoms with Gasteiger partial charge in [-0.05, 0) is 0 Å². The molecule has 0 aromatic heterocycles. The largest absolute Gasteiger partial charge is 1.00 e. The van der Waals surface area contributed by atoms with Gasteiger partial charge in [0.05, 0.1) is 26.4 Å². The summed E-state index contributed by atoms with van der Waals surface area (Å²) in [6, 6.07) is 0. The van der Waals surface area contributed by atoms with Crippen LogP contribution >= 0.6 is 0 Å². The molecule has 0 aromatic rings. The Hall–Kier alpha value is 0.840. The van der Waals surface area contributed by atoms with Crippen molar-refractivity contribution in [3.63, 3.8) is 0 Å². The molecule has 0 aliphatic carbocycles. The summed E-state index contributed by atoms with van der Waals surface area (Å²) < 4.78 is 14.6. The Balaban J connectivity index is -0.000000320. The van der Waals surface area contributed by atoms with Gasteiger partial charge >= 0.3 is 29.6 Å². The van der Waals surface area contributed by atoms with Gasteiger partial charge in [0.25, 0.3) is 0 Å². The van der Waals surface area contributed by atoms with Crippen LogP contribution in [0, 0.1) is 0 Å². The van der Waals surface area contributed by atoms with Crippen molar-refractivity contribution in [3.8, 4) is 0 Å². The summed E-state index contributed by atoms with van der Waals surface area (Å²) in [5.41, 5.74) is 0. The first-order valence-corrected chi connectivity index (χ1v) is 2.97. The zero-order valence-electron chi connectivity index (χ0n) is 7.50. The monoisotopic (exact) mass is 174 g/mol. The van der Waals surface area contributed by atoms with Crippen LogP contribution in [0.15, 0.2) is 0 Å². The van der Waals surface area contributed by atoms with Gasteiger partial charge < -0.3 is 19.7 Å². The molecule has 0 spiro atoms. The molecule has 0 rings (SSSR count). The molecular formula is C6H15NaO4. The molecule has 0 atom stereocenters. The third-order valence-electron chi connectivity index (χ3n) is 0.864. The summed E-state index contributed by atoms with van der Waals surface area (Å²) in [5, 5.41) is 0. The average Bonchev–Trinajstić information content (AvgIpc) is 1.89. The van der Waals surface area contributed by atoms with Gasteiger partial charge in [-0.15, -0.1) is 0 Å². The molecule has 0 heterocycles. The first-order chi connectivity index (χ1) is 4.41. The molecule has 0 amide bonds. The van der Waals surface area contributed by atoms with E-state index in [1.165, 1.54) is 0 Å². The molecule has 0 aliphatic heterocycles. The van der Waals surface area contributed by atoms with Gasteiger partial charge in [0, 0.05) is 14.2 Å². The predicted molar refractivity (Wildman–Crippen MR) is 36.5 cm³/mol. The minimum atomic E-state index is 0. The van der Waals surface area contributed by atoms with Crippen LogP contribution in [0.2, 0.25) is 0 Å². The second-order valence-corrected chi connectivity index (χ2v) is 1.60. The van der Waals surface area contributed by atoms with Gasteiger partial charge in [0.15, 0.2) is 0 Å². The maximum absolute atomic E-state index is 5.06. The van der Waals surface area contributed by atoms with E-state index in [0.717, 1.165) is 0 Å². The molecule has 0 aromatic carbocycles. The fourth-order valence-electron chi connectivity index (χ4n) is 0.387. The van der Waals surface area contributed by atoms with Crippen LogP contribution in [0.3, 0.4) is 0 Å². The molecule has 4 nitrogen and oxygen atoms in total. The van der Waals surface area contributed by atoms with E-state index in [1.54, 1.807) is 14.2 Å². The molecule has 0 unspecified atom stereocenters. The minimum absolute atomic E-state index is 0. The summed E-state index contributed by atoms with van der Waals surface area (Å²) >= 11 is 0. The fraction of sp³-hybridized carbons (Fsp3) is 1.00. The minimum Gasteiger partial charge on any atom is -0.870 e. The summed E-state index contributed by atoms with van der Waals surface area (Å²) in [6.45, 7) is 2.62. The Morgan fingerprint density at radius 1 is 0.818 bits per heavy atom. The van der Waals surface area contributed by atoms with Gasteiger partial charge in [0.2, 0.25) is 0 Å². The van der Waals surface area contributed by atoms with Crippen molar-refractivity contribution in [2.45, 2.75) is 0 Å². The Kier molecular flexibility index (Phi) is 27.6. The van der Waals surface area contributed by atoms with E-state index in [-0.39, 0.29) is 35.0 Å². The molecule has 0 bridgehead atoms. The second kappa shape index (κ2) is 17.1. The van der Waals surface area contributed by atoms with E-state index in [1.807, 2.05) is 0 Å². The van der Waals surface area contributed by atoms with E-state index >= 15 is 0 Å². The Morgan fingerprint density at radius 2 is 1.18 bits per heavy atom. The molecule has 5 heteroatoms. The maximum Gasteiger partial charge on any atom is 1.00 e. The number of ether oxygens (including phenoxy) is 3. The maximum atomic E-state index is 5.06. The summed E-state index contributed by atoms with van der Waals surface area (Å²) in [5.74, 6) is 0. The van der Waals surface area contributed by atoms with Gasteiger partial charge in [0.1, 0.15) is 0 Å². The van der Waals surface area contributed by atoms with Crippen LogP contribution in [0.4, 0.5) is 0 Å². The quantitative estimate of drug-likeness (QED) is 0.321. The average molecular weight is 174 g/mol. The first kappa shape index (κ1) is 17.8. The van der Waals surface area contributed by atoms with Crippen LogP contribution in [-0.4, -0.2) is 46.1 Å². The van der Waals surface area contributed by atoms with Crippen LogP contribution < -0.4 is 29.6 Å². The van der Waals surface area contributed by atoms with Crippen molar-refractivity contribution in [1.82, 2.24) is 0 Å². The van der Waals surface area contributed by atoms with Crippen LogP contribution in [0.1, 0.15) is 0 Å². The van der Waals surface area contributed by atoms with Crippen molar-refractivity contribution in [3.05, 3.63) is 0 Å². The van der Waals surface area contributed by atoms with Crippen LogP contribution in [0.5, 0.6) is 0 Å². The van der Waals surface area contributed by atoms with E-state index < -0.39 is 0 Å². The van der Waals surface area contributed by atoms with Crippen LogP contribution in [-0.2, 0) is 14.2 Å². The number of rotatable bonds is 6. The van der Waals surface area contributed by atoms with E-state index in [0.29, 0.717) is 26.4 Å². The van der Waals surface area contributed by atoms with Crippen LogP contribution in [0.25, 0.3) is 0 Å². The van der Waals surface area contributed by atoms with E-state index in [2.05, 4.69) is 0 Å². The molecule has 0 saturated heterocycles. The van der Waals surface area contributed by atoms with E-state index in [9.17, 15) is 0 Å². The van der Waals surface area contributed by atoms with Gasteiger partial charge in [-0.2, -0.15) is 0 Å². The summed E-state index contributed by atoms with van der Waals surface area (Å²) in [7, 11) is 3.30. The Morgan fingerprint density at radius 3 is 1.45 bits per heavy atom. The number of hydrogen-bond acceptors (Lipinski definition) is 4. The normalized spacial score (nSPS) is 8.18. The van der Waals surface area contributed by atoms with Crippen molar-refractivity contribution in [2.24, 2.45) is 0 Å². The Labute approximate surface area is 89.8 Å². The van der Waals surface area contributed by atoms with E-state index in [4.69, 9.17) is 14.2 Å². The first-order valence-electron chi connectivity index (χ1n) is 2.97. The third-order valence-corrected chi connectivity index (χ3v) is 0.864. The predicted octanol–water partition coefficient (Wildman–Crippen LogP) is -2.88. The zero-order chi connectivity index (χ0) is 6.95. The SMILES string of the molecule is COCCOCCOC.[Na+].[OH-]. The van der Waals surface area contributed by atoms with Crippen molar-refractivity contribution in [2.75, 3.05) is 40.6 Å². The molecule has 0 saturated carbocycles. The molecule has 64 valence electrons. The van der Waals surface area contributed by atoms with Crippen molar-refractivity contribution < 1.29 is 49.2 Å². The number of hydrogen-bond donors (Lipinski definition) is 0. The van der Waals surface area contributed by atoms with Crippen molar-refractivity contribution >= 4 is 0 Å². The zero-order valence-corrected chi connectivity index (χ0v) is 9.50. The molecular weight excluding hydrogens is 159 g/mol. The standard InChI is InChI=1S/C6H14O3.Na.H2O/c1-7-3-5-9-6-4-8-2;;/h3-6H2,1-2H3;;1H2/q;+1;/p-1. The molecule has 0 radical (unpaired) electrons. The molecule has 0 fully saturated rings. The number of methoxy groups -OCH3 is 2. The summed E-state index contributed by atoms with van der Waals surface area (Å²) in [6.07, 6.45) is 0. The summed E-state index contributed by atoms with van der Waals surface area (Å²) in [4.78, 5) is 0.